The maximum Gasteiger partial charge on any atom is 0.115 e. The van der Waals surface area contributed by atoms with Gasteiger partial charge in [-0.1, -0.05) is 47.1 Å². The Balaban J connectivity index is 1.84. The van der Waals surface area contributed by atoms with Crippen molar-refractivity contribution in [3.8, 4) is 0 Å². The van der Waals surface area contributed by atoms with Gasteiger partial charge in [-0.2, -0.15) is 0 Å². The van der Waals surface area contributed by atoms with Gasteiger partial charge in [-0.25, -0.2) is 0 Å². The third-order valence-electron chi connectivity index (χ3n) is 4.42. The molecule has 0 saturated heterocycles. The Morgan fingerprint density at radius 1 is 1.14 bits per heavy atom. The van der Waals surface area contributed by atoms with E-state index >= 15 is 0 Å². The topological polar surface area (TPSA) is 13.1 Å². The Morgan fingerprint density at radius 2 is 1.95 bits per heavy atom. The Bertz CT molecular complexity index is 747. The van der Waals surface area contributed by atoms with Crippen LogP contribution < -0.4 is 0 Å². The van der Waals surface area contributed by atoms with Crippen LogP contribution >= 0.6 is 15.9 Å². The summed E-state index contributed by atoms with van der Waals surface area (Å²) < 4.78 is 7.27. The van der Waals surface area contributed by atoms with Crippen molar-refractivity contribution in [2.24, 2.45) is 0 Å². The summed E-state index contributed by atoms with van der Waals surface area (Å²) in [7, 11) is 0. The molecule has 0 amide bonds. The summed E-state index contributed by atoms with van der Waals surface area (Å²) >= 11 is 3.51. The van der Waals surface area contributed by atoms with Crippen LogP contribution in [-0.2, 0) is 6.42 Å². The highest BCUT2D eigenvalue weighted by Gasteiger charge is 2.27. The molecule has 1 unspecified atom stereocenters. The second-order valence-electron chi connectivity index (χ2n) is 5.94. The first kappa shape index (κ1) is 13.1. The van der Waals surface area contributed by atoms with E-state index in [9.17, 15) is 0 Å². The lowest BCUT2D eigenvalue weighted by atomic mass is 9.84. The predicted molar refractivity (Wildman–Crippen MR) is 91.1 cm³/mol. The first-order valence-corrected chi connectivity index (χ1v) is 8.30. The van der Waals surface area contributed by atoms with E-state index in [-0.39, 0.29) is 0 Å². The standard InChI is InChI=1S/C19H17BrO/c1-12-10-14(13-6-8-15(20)9-7-13)11-17-16-4-2-3-5-18(16)21-19(12)17/h2,4,6-9,11-12H,3,5,10H2,1H3. The summed E-state index contributed by atoms with van der Waals surface area (Å²) in [6.45, 7) is 2.27. The number of fused-ring (bicyclic) bond motifs is 3. The molecule has 4 rings (SSSR count). The molecule has 0 bridgehead atoms. The first-order valence-electron chi connectivity index (χ1n) is 7.51. The predicted octanol–water partition coefficient (Wildman–Crippen LogP) is 6.05. The fourth-order valence-electron chi connectivity index (χ4n) is 3.35. The minimum absolute atomic E-state index is 0.447. The van der Waals surface area contributed by atoms with Gasteiger partial charge in [0, 0.05) is 27.9 Å². The molecule has 0 N–H and O–H groups in total. The van der Waals surface area contributed by atoms with Crippen LogP contribution in [0.15, 0.2) is 39.2 Å². The van der Waals surface area contributed by atoms with Gasteiger partial charge in [0.15, 0.2) is 0 Å². The minimum Gasteiger partial charge on any atom is -0.464 e. The Labute approximate surface area is 133 Å². The van der Waals surface area contributed by atoms with Gasteiger partial charge in [-0.05, 0) is 42.2 Å². The largest absolute Gasteiger partial charge is 0.464 e. The molecule has 106 valence electrons. The van der Waals surface area contributed by atoms with E-state index in [1.54, 1.807) is 0 Å². The maximum absolute atomic E-state index is 6.14. The molecule has 2 heteroatoms. The van der Waals surface area contributed by atoms with Crippen molar-refractivity contribution in [3.63, 3.8) is 0 Å². The summed E-state index contributed by atoms with van der Waals surface area (Å²) in [5.74, 6) is 2.79. The number of allylic oxidation sites excluding steroid dienone is 2. The van der Waals surface area contributed by atoms with Crippen LogP contribution in [-0.4, -0.2) is 0 Å². The van der Waals surface area contributed by atoms with Crippen molar-refractivity contribution >= 4 is 33.7 Å². The summed E-state index contributed by atoms with van der Waals surface area (Å²) in [5, 5.41) is 0. The molecule has 2 aromatic rings. The van der Waals surface area contributed by atoms with Gasteiger partial charge in [-0.15, -0.1) is 0 Å². The lowest BCUT2D eigenvalue weighted by molar-refractivity contribution is 0.437. The summed E-state index contributed by atoms with van der Waals surface area (Å²) in [5.41, 5.74) is 5.32. The molecule has 0 saturated carbocycles. The molecule has 2 aliphatic rings. The van der Waals surface area contributed by atoms with Gasteiger partial charge in [0.2, 0.25) is 0 Å². The SMILES string of the molecule is CC1CC(c2ccc(Br)cc2)=Cc2c1oc1c2C=CCC1. The number of benzene rings is 1. The third kappa shape index (κ3) is 2.22. The summed E-state index contributed by atoms with van der Waals surface area (Å²) in [6.07, 6.45) is 9.99. The van der Waals surface area contributed by atoms with Gasteiger partial charge in [0.05, 0.1) is 0 Å². The molecular weight excluding hydrogens is 324 g/mol. The van der Waals surface area contributed by atoms with E-state index in [2.05, 4.69) is 65.3 Å². The van der Waals surface area contributed by atoms with E-state index < -0.39 is 0 Å². The molecule has 0 spiro atoms. The zero-order valence-electron chi connectivity index (χ0n) is 12.0. The quantitative estimate of drug-likeness (QED) is 0.615. The highest BCUT2D eigenvalue weighted by atomic mass is 79.9. The molecule has 1 heterocycles. The van der Waals surface area contributed by atoms with Crippen molar-refractivity contribution in [3.05, 3.63) is 63.0 Å². The van der Waals surface area contributed by atoms with E-state index in [1.807, 2.05) is 0 Å². The van der Waals surface area contributed by atoms with Crippen LogP contribution in [0.4, 0.5) is 0 Å². The normalized spacial score (nSPS) is 19.9. The highest BCUT2D eigenvalue weighted by molar-refractivity contribution is 9.10. The number of rotatable bonds is 1. The Kier molecular flexibility index (Phi) is 3.15. The Morgan fingerprint density at radius 3 is 2.76 bits per heavy atom. The average molecular weight is 341 g/mol. The average Bonchev–Trinajstić information content (AvgIpc) is 2.87. The second kappa shape index (κ2) is 5.03. The number of hydrogen-bond acceptors (Lipinski definition) is 1. The molecule has 1 aromatic carbocycles. The van der Waals surface area contributed by atoms with Crippen molar-refractivity contribution in [2.75, 3.05) is 0 Å². The molecule has 1 aromatic heterocycles. The summed E-state index contributed by atoms with van der Waals surface area (Å²) in [4.78, 5) is 0. The monoisotopic (exact) mass is 340 g/mol. The second-order valence-corrected chi connectivity index (χ2v) is 6.86. The van der Waals surface area contributed by atoms with Gasteiger partial charge in [0.1, 0.15) is 11.5 Å². The van der Waals surface area contributed by atoms with Gasteiger partial charge in [-0.3, -0.25) is 0 Å². The molecule has 0 aliphatic heterocycles. The van der Waals surface area contributed by atoms with Crippen LogP contribution in [0.3, 0.4) is 0 Å². The van der Waals surface area contributed by atoms with E-state index in [1.165, 1.54) is 33.8 Å². The number of furan rings is 1. The van der Waals surface area contributed by atoms with E-state index in [0.717, 1.165) is 23.7 Å². The molecule has 0 radical (unpaired) electrons. The molecule has 1 nitrogen and oxygen atoms in total. The van der Waals surface area contributed by atoms with Gasteiger partial charge >= 0.3 is 0 Å². The van der Waals surface area contributed by atoms with E-state index in [4.69, 9.17) is 4.42 Å². The molecule has 0 fully saturated rings. The number of halogens is 1. The van der Waals surface area contributed by atoms with Crippen molar-refractivity contribution in [1.29, 1.82) is 0 Å². The van der Waals surface area contributed by atoms with Crippen molar-refractivity contribution in [1.82, 2.24) is 0 Å². The smallest absolute Gasteiger partial charge is 0.115 e. The van der Waals surface area contributed by atoms with Crippen molar-refractivity contribution < 1.29 is 4.42 Å². The fourth-order valence-corrected chi connectivity index (χ4v) is 3.61. The van der Waals surface area contributed by atoms with Gasteiger partial charge in [0.25, 0.3) is 0 Å². The van der Waals surface area contributed by atoms with Crippen LogP contribution in [0.2, 0.25) is 0 Å². The van der Waals surface area contributed by atoms with Gasteiger partial charge < -0.3 is 4.42 Å². The van der Waals surface area contributed by atoms with Crippen LogP contribution in [0, 0.1) is 0 Å². The lowest BCUT2D eigenvalue weighted by Gasteiger charge is -2.19. The van der Waals surface area contributed by atoms with Crippen molar-refractivity contribution in [2.45, 2.75) is 32.1 Å². The highest BCUT2D eigenvalue weighted by Crippen LogP contribution is 2.43. The molecule has 2 aliphatic carbocycles. The first-order chi connectivity index (χ1) is 10.2. The molecule has 21 heavy (non-hydrogen) atoms. The van der Waals surface area contributed by atoms with Crippen LogP contribution in [0.5, 0.6) is 0 Å². The third-order valence-corrected chi connectivity index (χ3v) is 4.95. The van der Waals surface area contributed by atoms with Crippen LogP contribution in [0.1, 0.15) is 53.9 Å². The number of hydrogen-bond donors (Lipinski definition) is 0. The van der Waals surface area contributed by atoms with Crippen LogP contribution in [0.25, 0.3) is 17.7 Å². The maximum atomic E-state index is 6.14. The lowest BCUT2D eigenvalue weighted by Crippen LogP contribution is -2.02. The van der Waals surface area contributed by atoms with E-state index in [0.29, 0.717) is 5.92 Å². The zero-order chi connectivity index (χ0) is 14.4. The number of aryl methyl sites for hydroxylation is 1. The fraction of sp³-hybridized carbons (Fsp3) is 0.263. The minimum atomic E-state index is 0.447. The zero-order valence-corrected chi connectivity index (χ0v) is 13.6. The Hall–Kier alpha value is -1.54. The molecular formula is C19H17BrO. The summed E-state index contributed by atoms with van der Waals surface area (Å²) in [6, 6.07) is 8.61. The molecule has 1 atom stereocenters.